The summed E-state index contributed by atoms with van der Waals surface area (Å²) < 4.78 is 5.39. The summed E-state index contributed by atoms with van der Waals surface area (Å²) in [5.41, 5.74) is 5.55. The van der Waals surface area contributed by atoms with E-state index >= 15 is 0 Å². The number of carbonyl (C=O) groups is 2. The van der Waals surface area contributed by atoms with E-state index in [-0.39, 0.29) is 31.3 Å². The van der Waals surface area contributed by atoms with Crippen LogP contribution in [0, 0.1) is 0 Å². The van der Waals surface area contributed by atoms with Crippen molar-refractivity contribution in [3.63, 3.8) is 0 Å². The highest BCUT2D eigenvalue weighted by Crippen LogP contribution is 2.12. The van der Waals surface area contributed by atoms with Gasteiger partial charge in [0.15, 0.2) is 0 Å². The van der Waals surface area contributed by atoms with Crippen molar-refractivity contribution in [2.75, 3.05) is 26.7 Å². The van der Waals surface area contributed by atoms with Gasteiger partial charge >= 0.3 is 0 Å². The molecule has 0 atom stereocenters. The number of ether oxygens (including phenoxy) is 1. The second kappa shape index (κ2) is 10.1. The minimum atomic E-state index is -0.504. The summed E-state index contributed by atoms with van der Waals surface area (Å²) >= 11 is 0. The third-order valence-electron chi connectivity index (χ3n) is 2.41. The molecule has 1 aromatic rings. The monoisotopic (exact) mass is 301 g/mol. The van der Waals surface area contributed by atoms with Gasteiger partial charge in [0.2, 0.25) is 11.8 Å². The molecule has 0 unspecified atom stereocenters. The molecular weight excluding hydrogens is 282 g/mol. The second-order valence-corrected chi connectivity index (χ2v) is 3.94. The molecule has 6 nitrogen and oxygen atoms in total. The molecule has 0 aromatic heterocycles. The van der Waals surface area contributed by atoms with E-state index in [2.05, 4.69) is 10.6 Å². The number of nitrogens with two attached hydrogens (primary N) is 1. The summed E-state index contributed by atoms with van der Waals surface area (Å²) in [6.45, 7) is 1.58. The smallest absolute Gasteiger partial charge is 0.248 e. The van der Waals surface area contributed by atoms with Gasteiger partial charge in [0.05, 0.1) is 13.0 Å². The summed E-state index contributed by atoms with van der Waals surface area (Å²) in [7, 11) is 1.82. The fraction of sp³-hybridized carbons (Fsp3) is 0.385. The molecule has 0 aliphatic carbocycles. The van der Waals surface area contributed by atoms with Gasteiger partial charge in [-0.15, -0.1) is 12.4 Å². The Morgan fingerprint density at radius 2 is 2.05 bits per heavy atom. The van der Waals surface area contributed by atoms with Gasteiger partial charge in [-0.2, -0.15) is 0 Å². The van der Waals surface area contributed by atoms with Crippen LogP contribution in [0.15, 0.2) is 24.3 Å². The fourth-order valence-corrected chi connectivity index (χ4v) is 1.42. The van der Waals surface area contributed by atoms with Crippen LogP contribution in [-0.4, -0.2) is 38.6 Å². The summed E-state index contributed by atoms with van der Waals surface area (Å²) in [6, 6.07) is 6.56. The molecule has 0 saturated carbocycles. The molecule has 112 valence electrons. The molecule has 7 heteroatoms. The zero-order valence-corrected chi connectivity index (χ0v) is 12.2. The predicted octanol–water partition coefficient (Wildman–Crippen LogP) is 0.312. The van der Waals surface area contributed by atoms with Crippen molar-refractivity contribution in [3.8, 4) is 5.75 Å². The van der Waals surface area contributed by atoms with Crippen molar-refractivity contribution < 1.29 is 14.3 Å². The van der Waals surface area contributed by atoms with Crippen molar-refractivity contribution in [1.82, 2.24) is 10.6 Å². The molecule has 0 heterocycles. The summed E-state index contributed by atoms with van der Waals surface area (Å²) in [4.78, 5) is 22.4. The summed E-state index contributed by atoms with van der Waals surface area (Å²) in [6.07, 6.45) is 0.268. The maximum atomic E-state index is 11.4. The Hall–Kier alpha value is -1.79. The lowest BCUT2D eigenvalue weighted by Gasteiger charge is -2.07. The van der Waals surface area contributed by atoms with Gasteiger partial charge in [0.25, 0.3) is 0 Å². The molecule has 0 aliphatic rings. The van der Waals surface area contributed by atoms with Gasteiger partial charge < -0.3 is 21.1 Å². The number of primary amides is 1. The van der Waals surface area contributed by atoms with Gasteiger partial charge in [-0.05, 0) is 25.2 Å². The highest BCUT2D eigenvalue weighted by molar-refractivity contribution is 5.93. The molecule has 2 amide bonds. The van der Waals surface area contributed by atoms with E-state index in [9.17, 15) is 9.59 Å². The Balaban J connectivity index is 0.00000361. The van der Waals surface area contributed by atoms with Crippen molar-refractivity contribution in [2.24, 2.45) is 5.73 Å². The van der Waals surface area contributed by atoms with Crippen molar-refractivity contribution in [3.05, 3.63) is 29.8 Å². The van der Waals surface area contributed by atoms with E-state index < -0.39 is 5.91 Å². The first-order chi connectivity index (χ1) is 9.13. The molecule has 0 aliphatic heterocycles. The third-order valence-corrected chi connectivity index (χ3v) is 2.41. The van der Waals surface area contributed by atoms with Gasteiger partial charge in [-0.25, -0.2) is 0 Å². The summed E-state index contributed by atoms with van der Waals surface area (Å²) in [5.74, 6) is -0.0455. The van der Waals surface area contributed by atoms with E-state index in [1.165, 1.54) is 0 Å². The normalized spacial score (nSPS) is 9.45. The van der Waals surface area contributed by atoms with E-state index in [0.717, 1.165) is 6.54 Å². The lowest BCUT2D eigenvalue weighted by Crippen LogP contribution is -2.31. The van der Waals surface area contributed by atoms with Crippen LogP contribution in [0.1, 0.15) is 16.8 Å². The van der Waals surface area contributed by atoms with E-state index in [1.54, 1.807) is 24.3 Å². The number of carbonyl (C=O) groups excluding carboxylic acids is 2. The van der Waals surface area contributed by atoms with Crippen LogP contribution in [0.3, 0.4) is 0 Å². The molecule has 0 spiro atoms. The van der Waals surface area contributed by atoms with Crippen LogP contribution in [0.4, 0.5) is 0 Å². The molecule has 1 rings (SSSR count). The van der Waals surface area contributed by atoms with Crippen LogP contribution in [0.25, 0.3) is 0 Å². The molecule has 0 saturated heterocycles. The predicted molar refractivity (Wildman–Crippen MR) is 79.3 cm³/mol. The zero-order valence-electron chi connectivity index (χ0n) is 11.3. The number of benzene rings is 1. The second-order valence-electron chi connectivity index (χ2n) is 3.94. The van der Waals surface area contributed by atoms with Gasteiger partial charge in [0, 0.05) is 18.7 Å². The standard InChI is InChI=1S/C13H19N3O3.ClH/c1-15-6-7-16-12(17)5-8-19-11-4-2-3-10(9-11)13(14)18;/h2-4,9,15H,5-8H2,1H3,(H2,14,18)(H,16,17);1H. The Morgan fingerprint density at radius 1 is 1.30 bits per heavy atom. The minimum Gasteiger partial charge on any atom is -0.493 e. The number of likely N-dealkylation sites (N-methyl/N-ethyl adjacent to an activating group) is 1. The maximum Gasteiger partial charge on any atom is 0.248 e. The molecule has 0 radical (unpaired) electrons. The largest absolute Gasteiger partial charge is 0.493 e. The average molecular weight is 302 g/mol. The van der Waals surface area contributed by atoms with Gasteiger partial charge in [0.1, 0.15) is 5.75 Å². The van der Waals surface area contributed by atoms with E-state index in [4.69, 9.17) is 10.5 Å². The van der Waals surface area contributed by atoms with Crippen LogP contribution in [-0.2, 0) is 4.79 Å². The Bertz CT molecular complexity index is 441. The molecule has 0 bridgehead atoms. The van der Waals surface area contributed by atoms with Crippen molar-refractivity contribution >= 4 is 24.2 Å². The number of amides is 2. The maximum absolute atomic E-state index is 11.4. The Labute approximate surface area is 124 Å². The Kier molecular flexibility index (Phi) is 9.15. The number of nitrogens with one attached hydrogen (secondary N) is 2. The Morgan fingerprint density at radius 3 is 2.70 bits per heavy atom. The molecule has 20 heavy (non-hydrogen) atoms. The number of hydrogen-bond acceptors (Lipinski definition) is 4. The van der Waals surface area contributed by atoms with E-state index in [0.29, 0.717) is 17.9 Å². The number of hydrogen-bond donors (Lipinski definition) is 3. The molecular formula is C13H20ClN3O3. The molecule has 4 N–H and O–H groups in total. The number of halogens is 1. The highest BCUT2D eigenvalue weighted by atomic mass is 35.5. The summed E-state index contributed by atoms with van der Waals surface area (Å²) in [5, 5.41) is 5.68. The topological polar surface area (TPSA) is 93.4 Å². The lowest BCUT2D eigenvalue weighted by atomic mass is 10.2. The average Bonchev–Trinajstić information content (AvgIpc) is 2.39. The first-order valence-corrected chi connectivity index (χ1v) is 6.07. The zero-order chi connectivity index (χ0) is 14.1. The van der Waals surface area contributed by atoms with Crippen molar-refractivity contribution in [1.29, 1.82) is 0 Å². The SMILES string of the molecule is CNCCNC(=O)CCOc1cccc(C(N)=O)c1.Cl. The first-order valence-electron chi connectivity index (χ1n) is 6.07. The highest BCUT2D eigenvalue weighted by Gasteiger charge is 2.04. The van der Waals surface area contributed by atoms with Crippen LogP contribution in [0.2, 0.25) is 0 Å². The first kappa shape index (κ1) is 18.2. The van der Waals surface area contributed by atoms with Crippen LogP contribution < -0.4 is 21.1 Å². The fourth-order valence-electron chi connectivity index (χ4n) is 1.42. The van der Waals surface area contributed by atoms with Crippen LogP contribution in [0.5, 0.6) is 5.75 Å². The number of rotatable bonds is 8. The molecule has 1 aromatic carbocycles. The minimum absolute atomic E-state index is 0. The van der Waals surface area contributed by atoms with Crippen molar-refractivity contribution in [2.45, 2.75) is 6.42 Å². The molecule has 0 fully saturated rings. The van der Waals surface area contributed by atoms with E-state index in [1.807, 2.05) is 7.05 Å². The van der Waals surface area contributed by atoms with Crippen LogP contribution >= 0.6 is 12.4 Å². The quantitative estimate of drug-likeness (QED) is 0.603. The van der Waals surface area contributed by atoms with Gasteiger partial charge in [-0.1, -0.05) is 6.07 Å². The lowest BCUT2D eigenvalue weighted by molar-refractivity contribution is -0.121. The van der Waals surface area contributed by atoms with Gasteiger partial charge in [-0.3, -0.25) is 9.59 Å². The third kappa shape index (κ3) is 6.96.